The summed E-state index contributed by atoms with van der Waals surface area (Å²) in [5.74, 6) is -0.452. The third kappa shape index (κ3) is 31.6. The highest BCUT2D eigenvalue weighted by Crippen LogP contribution is 2.26. The summed E-state index contributed by atoms with van der Waals surface area (Å²) >= 11 is 0. The molecule has 0 aliphatic carbocycles. The molecule has 73 heavy (non-hydrogen) atoms. The summed E-state index contributed by atoms with van der Waals surface area (Å²) in [4.78, 5) is 13.0. The average Bonchev–Trinajstić information content (AvgIpc) is 3.39. The monoisotopic (exact) mass is 1020 g/mol. The molecule has 14 heteroatoms. The van der Waals surface area contributed by atoms with Crippen molar-refractivity contribution in [3.63, 3.8) is 0 Å². The summed E-state index contributed by atoms with van der Waals surface area (Å²) < 4.78 is 34.2. The fraction of sp³-hybridized carbons (Fsp3) is 0.610. The Kier molecular flexibility index (Phi) is 39.7. The van der Waals surface area contributed by atoms with Gasteiger partial charge in [-0.15, -0.1) is 0 Å². The van der Waals surface area contributed by atoms with Crippen LogP contribution in [-0.4, -0.2) is 142 Å². The Balaban J connectivity index is 1.80. The maximum Gasteiger partial charge on any atom is 0.306 e. The SMILES string of the molecule is CC/C=C\C/C=C\C/C=C\C/C=C\C/C=C\C/C=C\CCCCCOCC(COC1OC(COC2OC(CO)C(O)C(O)C2O)C(O)C(O)C1O)OC(=O)CCC/C=C\C/C=C\C/C=C\C/C=C\C/C=C\CC. The van der Waals surface area contributed by atoms with Gasteiger partial charge in [0.25, 0.3) is 0 Å². The van der Waals surface area contributed by atoms with Crippen LogP contribution < -0.4 is 0 Å². The zero-order chi connectivity index (χ0) is 53.0. The van der Waals surface area contributed by atoms with Crippen LogP contribution in [0.3, 0.4) is 0 Å². The average molecular weight is 1030 g/mol. The van der Waals surface area contributed by atoms with Crippen LogP contribution >= 0.6 is 0 Å². The zero-order valence-electron chi connectivity index (χ0n) is 43.8. The highest BCUT2D eigenvalue weighted by Gasteiger charge is 2.47. The van der Waals surface area contributed by atoms with Gasteiger partial charge in [0, 0.05) is 13.0 Å². The molecule has 11 unspecified atom stereocenters. The Bertz CT molecular complexity index is 1710. The summed E-state index contributed by atoms with van der Waals surface area (Å²) in [5.41, 5.74) is 0. The molecule has 412 valence electrons. The number of carbonyl (C=O) groups excluding carboxylic acids is 1. The molecular weight excluding hydrogens is 933 g/mol. The molecule has 2 fully saturated rings. The van der Waals surface area contributed by atoms with Crippen LogP contribution in [0, 0.1) is 0 Å². The molecule has 0 saturated carbocycles. The van der Waals surface area contributed by atoms with Gasteiger partial charge < -0.3 is 64.2 Å². The minimum absolute atomic E-state index is 0.00526. The Labute approximate surface area is 437 Å². The minimum atomic E-state index is -1.73. The highest BCUT2D eigenvalue weighted by atomic mass is 16.7. The smallest absolute Gasteiger partial charge is 0.306 e. The predicted molar refractivity (Wildman–Crippen MR) is 288 cm³/mol. The van der Waals surface area contributed by atoms with Crippen molar-refractivity contribution in [1.82, 2.24) is 0 Å². The summed E-state index contributed by atoms with van der Waals surface area (Å²) in [6, 6.07) is 0. The van der Waals surface area contributed by atoms with E-state index in [0.717, 1.165) is 96.3 Å². The molecule has 2 heterocycles. The van der Waals surface area contributed by atoms with Crippen LogP contribution in [0.4, 0.5) is 0 Å². The molecule has 7 N–H and O–H groups in total. The number of aliphatic hydroxyl groups is 7. The first-order valence-electron chi connectivity index (χ1n) is 26.8. The number of aliphatic hydroxyl groups excluding tert-OH is 7. The lowest BCUT2D eigenvalue weighted by Crippen LogP contribution is -2.61. The second-order valence-electron chi connectivity index (χ2n) is 17.9. The van der Waals surface area contributed by atoms with Crippen LogP contribution in [0.5, 0.6) is 0 Å². The van der Waals surface area contributed by atoms with Gasteiger partial charge in [0.1, 0.15) is 54.9 Å². The van der Waals surface area contributed by atoms with Crippen LogP contribution in [0.25, 0.3) is 0 Å². The van der Waals surface area contributed by atoms with Crippen LogP contribution in [-0.2, 0) is 33.2 Å². The molecule has 2 rings (SSSR count). The van der Waals surface area contributed by atoms with Gasteiger partial charge in [0.15, 0.2) is 12.6 Å². The maximum absolute atomic E-state index is 13.0. The Morgan fingerprint density at radius 1 is 0.452 bits per heavy atom. The molecule has 11 atom stereocenters. The Morgan fingerprint density at radius 3 is 1.30 bits per heavy atom. The molecular formula is C59H92O14. The summed E-state index contributed by atoms with van der Waals surface area (Å²) in [7, 11) is 0. The van der Waals surface area contributed by atoms with E-state index in [2.05, 4.69) is 141 Å². The summed E-state index contributed by atoms with van der Waals surface area (Å²) in [6.45, 7) is 3.25. The van der Waals surface area contributed by atoms with Crippen molar-refractivity contribution in [2.45, 2.75) is 197 Å². The van der Waals surface area contributed by atoms with Crippen molar-refractivity contribution in [3.8, 4) is 0 Å². The van der Waals surface area contributed by atoms with E-state index in [-0.39, 0.29) is 19.6 Å². The lowest BCUT2D eigenvalue weighted by molar-refractivity contribution is -0.332. The van der Waals surface area contributed by atoms with Crippen molar-refractivity contribution >= 4 is 5.97 Å². The number of hydrogen-bond donors (Lipinski definition) is 7. The third-order valence-electron chi connectivity index (χ3n) is 11.7. The van der Waals surface area contributed by atoms with Gasteiger partial charge >= 0.3 is 5.97 Å². The van der Waals surface area contributed by atoms with Gasteiger partial charge in [-0.05, 0) is 103 Å². The van der Waals surface area contributed by atoms with Crippen molar-refractivity contribution < 1.29 is 69.0 Å². The van der Waals surface area contributed by atoms with E-state index >= 15 is 0 Å². The van der Waals surface area contributed by atoms with E-state index in [0.29, 0.717) is 19.4 Å². The minimum Gasteiger partial charge on any atom is -0.457 e. The second-order valence-corrected chi connectivity index (χ2v) is 17.9. The molecule has 0 radical (unpaired) electrons. The van der Waals surface area contributed by atoms with E-state index in [1.54, 1.807) is 0 Å². The van der Waals surface area contributed by atoms with E-state index in [9.17, 15) is 40.5 Å². The van der Waals surface area contributed by atoms with E-state index in [1.807, 2.05) is 6.08 Å². The molecule has 0 spiro atoms. The predicted octanol–water partition coefficient (Wildman–Crippen LogP) is 8.74. The van der Waals surface area contributed by atoms with Crippen LogP contribution in [0.15, 0.2) is 134 Å². The lowest BCUT2D eigenvalue weighted by atomic mass is 9.98. The summed E-state index contributed by atoms with van der Waals surface area (Å²) in [5, 5.41) is 72.2. The number of rotatable bonds is 40. The quantitative estimate of drug-likeness (QED) is 0.0174. The van der Waals surface area contributed by atoms with Gasteiger partial charge in [0.05, 0.1) is 26.4 Å². The number of allylic oxidation sites excluding steroid dienone is 22. The second kappa shape index (κ2) is 44.4. The topological polar surface area (TPSA) is 214 Å². The molecule has 0 aromatic heterocycles. The molecule has 0 aromatic carbocycles. The molecule has 2 aliphatic heterocycles. The number of hydrogen-bond acceptors (Lipinski definition) is 14. The van der Waals surface area contributed by atoms with Crippen molar-refractivity contribution in [1.29, 1.82) is 0 Å². The van der Waals surface area contributed by atoms with Crippen molar-refractivity contribution in [2.24, 2.45) is 0 Å². The number of ether oxygens (including phenoxy) is 6. The van der Waals surface area contributed by atoms with Crippen molar-refractivity contribution in [3.05, 3.63) is 134 Å². The van der Waals surface area contributed by atoms with Gasteiger partial charge in [0.2, 0.25) is 0 Å². The molecule has 0 bridgehead atoms. The molecule has 2 saturated heterocycles. The van der Waals surface area contributed by atoms with Gasteiger partial charge in [-0.3, -0.25) is 4.79 Å². The third-order valence-corrected chi connectivity index (χ3v) is 11.7. The zero-order valence-corrected chi connectivity index (χ0v) is 43.8. The van der Waals surface area contributed by atoms with E-state index < -0.39 is 86.7 Å². The van der Waals surface area contributed by atoms with E-state index in [4.69, 9.17) is 28.4 Å². The standard InChI is InChI=1S/C59H92O14/c1-3-5-7-9-11-13-15-17-19-21-22-23-24-25-27-29-31-33-35-37-39-41-43-68-45-48(71-51(61)42-40-38-36-34-32-30-28-26-20-18-16-14-12-10-8-6-4-2)46-69-58-57(67)55(65)53(63)50(73-58)47-70-59-56(66)54(64)52(62)49(44-60)72-59/h5-8,11-14,17-20,22-23,25,27-28,30-31,33-34,36,48-50,52-60,62-67H,3-4,9-10,15-16,21,24,26,29,32,35,37-47H2,1-2H3/b7-5-,8-6-,13-11-,14-12-,19-17-,20-18-,23-22-,27-25-,30-28-,33-31-,36-34-. The number of carbonyl (C=O) groups is 1. The van der Waals surface area contributed by atoms with Gasteiger partial charge in [-0.25, -0.2) is 0 Å². The first kappa shape index (κ1) is 65.2. The van der Waals surface area contributed by atoms with Gasteiger partial charge in [-0.1, -0.05) is 154 Å². The normalized spacial score (nSPS) is 26.0. The Morgan fingerprint density at radius 2 is 0.849 bits per heavy atom. The highest BCUT2D eigenvalue weighted by molar-refractivity contribution is 5.69. The number of esters is 1. The molecule has 14 nitrogen and oxygen atoms in total. The lowest BCUT2D eigenvalue weighted by Gasteiger charge is -2.42. The largest absolute Gasteiger partial charge is 0.457 e. The molecule has 2 aliphatic rings. The van der Waals surface area contributed by atoms with Gasteiger partial charge in [-0.2, -0.15) is 0 Å². The molecule has 0 amide bonds. The fourth-order valence-electron chi connectivity index (χ4n) is 7.38. The maximum atomic E-state index is 13.0. The first-order valence-corrected chi connectivity index (χ1v) is 26.8. The summed E-state index contributed by atoms with van der Waals surface area (Å²) in [6.07, 6.45) is 46.6. The molecule has 0 aromatic rings. The number of unbranched alkanes of at least 4 members (excludes halogenated alkanes) is 4. The Hall–Kier alpha value is -3.87. The van der Waals surface area contributed by atoms with Crippen molar-refractivity contribution in [2.75, 3.05) is 33.0 Å². The van der Waals surface area contributed by atoms with E-state index in [1.165, 1.54) is 0 Å². The van der Waals surface area contributed by atoms with Crippen LogP contribution in [0.1, 0.15) is 129 Å². The van der Waals surface area contributed by atoms with Crippen LogP contribution in [0.2, 0.25) is 0 Å². The first-order chi connectivity index (χ1) is 35.6. The fourth-order valence-corrected chi connectivity index (χ4v) is 7.38.